The number of carbonyl (C=O) groups is 1. The zero-order chi connectivity index (χ0) is 21.2. The van der Waals surface area contributed by atoms with Gasteiger partial charge in [-0.1, -0.05) is 41.9 Å². The van der Waals surface area contributed by atoms with Crippen LogP contribution in [0.5, 0.6) is 0 Å². The molecule has 5 rings (SSSR count). The van der Waals surface area contributed by atoms with Crippen LogP contribution in [-0.4, -0.2) is 23.0 Å². The summed E-state index contributed by atoms with van der Waals surface area (Å²) >= 11 is 6.10. The minimum atomic E-state index is 0.0131. The van der Waals surface area contributed by atoms with E-state index in [4.69, 9.17) is 11.6 Å². The molecule has 1 aromatic heterocycles. The van der Waals surface area contributed by atoms with Crippen LogP contribution in [0.3, 0.4) is 0 Å². The van der Waals surface area contributed by atoms with Gasteiger partial charge in [-0.3, -0.25) is 9.78 Å². The summed E-state index contributed by atoms with van der Waals surface area (Å²) in [6.07, 6.45) is 5.77. The van der Waals surface area contributed by atoms with Gasteiger partial charge in [-0.2, -0.15) is 0 Å². The highest BCUT2D eigenvalue weighted by molar-refractivity contribution is 6.31. The van der Waals surface area contributed by atoms with Crippen molar-refractivity contribution < 1.29 is 4.79 Å². The van der Waals surface area contributed by atoms with Crippen LogP contribution in [0.2, 0.25) is 5.02 Å². The number of hydrogen-bond acceptors (Lipinski definition) is 3. The zero-order valence-electron chi connectivity index (χ0n) is 17.1. The SMILES string of the molecule is O=C(N[C@H]1CC[C@@H](Nc2ccnc3cc(Cl)ccc23)CC1)c1ccc2ccccc2c1. The topological polar surface area (TPSA) is 54.0 Å². The van der Waals surface area contributed by atoms with Crippen LogP contribution in [0.15, 0.2) is 72.9 Å². The number of fused-ring (bicyclic) bond motifs is 2. The summed E-state index contributed by atoms with van der Waals surface area (Å²) < 4.78 is 0. The molecule has 1 aliphatic rings. The lowest BCUT2D eigenvalue weighted by Gasteiger charge is -2.30. The van der Waals surface area contributed by atoms with E-state index in [2.05, 4.69) is 21.7 Å². The van der Waals surface area contributed by atoms with Crippen LogP contribution in [-0.2, 0) is 0 Å². The van der Waals surface area contributed by atoms with Gasteiger partial charge in [0.25, 0.3) is 5.91 Å². The molecule has 0 bridgehead atoms. The Kier molecular flexibility index (Phi) is 5.47. The second-order valence-electron chi connectivity index (χ2n) is 8.25. The predicted molar refractivity (Wildman–Crippen MR) is 128 cm³/mol. The highest BCUT2D eigenvalue weighted by atomic mass is 35.5. The molecule has 4 nitrogen and oxygen atoms in total. The normalized spacial score (nSPS) is 18.7. The number of rotatable bonds is 4. The predicted octanol–water partition coefficient (Wildman–Crippen LogP) is 6.19. The lowest BCUT2D eigenvalue weighted by Crippen LogP contribution is -2.40. The number of carbonyl (C=O) groups excluding carboxylic acids is 1. The van der Waals surface area contributed by atoms with Crippen LogP contribution in [0, 0.1) is 0 Å². The van der Waals surface area contributed by atoms with Gasteiger partial charge in [-0.25, -0.2) is 0 Å². The molecule has 1 heterocycles. The zero-order valence-corrected chi connectivity index (χ0v) is 17.9. The monoisotopic (exact) mass is 429 g/mol. The molecule has 0 atom stereocenters. The third kappa shape index (κ3) is 4.35. The van der Waals surface area contributed by atoms with Crippen molar-refractivity contribution in [2.24, 2.45) is 0 Å². The molecule has 4 aromatic rings. The highest BCUT2D eigenvalue weighted by Gasteiger charge is 2.23. The summed E-state index contributed by atoms with van der Waals surface area (Å²) in [4.78, 5) is 17.2. The fourth-order valence-corrected chi connectivity index (χ4v) is 4.61. The maximum absolute atomic E-state index is 12.8. The van der Waals surface area contributed by atoms with Gasteiger partial charge >= 0.3 is 0 Å². The summed E-state index contributed by atoms with van der Waals surface area (Å²) in [6.45, 7) is 0. The Morgan fingerprint density at radius 2 is 1.65 bits per heavy atom. The van der Waals surface area contributed by atoms with Crippen molar-refractivity contribution in [3.05, 3.63) is 83.5 Å². The third-order valence-corrected chi connectivity index (χ3v) is 6.37. The molecule has 3 aromatic carbocycles. The smallest absolute Gasteiger partial charge is 0.251 e. The van der Waals surface area contributed by atoms with Crippen LogP contribution >= 0.6 is 11.6 Å². The van der Waals surface area contributed by atoms with E-state index in [1.165, 1.54) is 0 Å². The Balaban J connectivity index is 1.20. The fraction of sp³-hybridized carbons (Fsp3) is 0.231. The van der Waals surface area contributed by atoms with Crippen molar-refractivity contribution in [2.45, 2.75) is 37.8 Å². The Morgan fingerprint density at radius 1 is 0.871 bits per heavy atom. The number of nitrogens with one attached hydrogen (secondary N) is 2. The Hall–Kier alpha value is -3.11. The molecule has 0 radical (unpaired) electrons. The summed E-state index contributed by atoms with van der Waals surface area (Å²) in [5, 5.41) is 10.9. The van der Waals surface area contributed by atoms with E-state index in [0.29, 0.717) is 11.1 Å². The number of pyridine rings is 1. The van der Waals surface area contributed by atoms with Gasteiger partial charge in [0, 0.05) is 39.9 Å². The van der Waals surface area contributed by atoms with E-state index < -0.39 is 0 Å². The quantitative estimate of drug-likeness (QED) is 0.406. The first kappa shape index (κ1) is 19.8. The molecule has 0 saturated heterocycles. The third-order valence-electron chi connectivity index (χ3n) is 6.14. The summed E-state index contributed by atoms with van der Waals surface area (Å²) in [5.41, 5.74) is 2.71. The Labute approximate surface area is 186 Å². The van der Waals surface area contributed by atoms with E-state index in [1.54, 1.807) is 0 Å². The van der Waals surface area contributed by atoms with Crippen molar-refractivity contribution >= 4 is 44.9 Å². The minimum absolute atomic E-state index is 0.0131. The summed E-state index contributed by atoms with van der Waals surface area (Å²) in [6, 6.07) is 22.4. The van der Waals surface area contributed by atoms with E-state index in [1.807, 2.05) is 66.9 Å². The number of benzene rings is 3. The van der Waals surface area contributed by atoms with Crippen molar-refractivity contribution in [3.63, 3.8) is 0 Å². The number of aromatic nitrogens is 1. The standard InChI is InChI=1S/C26H24ClN3O/c27-20-7-12-23-24(13-14-28-25(23)16-20)29-21-8-10-22(11-9-21)30-26(31)19-6-5-17-3-1-2-4-18(17)15-19/h1-7,12-16,21-22H,8-11H2,(H,28,29)(H,30,31)/t21-,22+. The van der Waals surface area contributed by atoms with Crippen molar-refractivity contribution in [1.29, 1.82) is 0 Å². The molecular formula is C26H24ClN3O. The van der Waals surface area contributed by atoms with Gasteiger partial charge in [0.05, 0.1) is 5.52 Å². The molecule has 0 aliphatic heterocycles. The first-order valence-electron chi connectivity index (χ1n) is 10.8. The fourth-order valence-electron chi connectivity index (χ4n) is 4.45. The Bertz CT molecular complexity index is 1250. The average molecular weight is 430 g/mol. The molecule has 1 amide bonds. The van der Waals surface area contributed by atoms with Crippen LogP contribution in [0.1, 0.15) is 36.0 Å². The largest absolute Gasteiger partial charge is 0.382 e. The average Bonchev–Trinajstić information content (AvgIpc) is 2.80. The molecular weight excluding hydrogens is 406 g/mol. The van der Waals surface area contributed by atoms with Crippen molar-refractivity contribution in [3.8, 4) is 0 Å². The van der Waals surface area contributed by atoms with Gasteiger partial charge < -0.3 is 10.6 Å². The number of hydrogen-bond donors (Lipinski definition) is 2. The van der Waals surface area contributed by atoms with Gasteiger partial charge in [0.1, 0.15) is 0 Å². The molecule has 0 unspecified atom stereocenters. The first-order chi connectivity index (χ1) is 15.2. The number of amides is 1. The molecule has 1 aliphatic carbocycles. The van der Waals surface area contributed by atoms with E-state index in [9.17, 15) is 4.79 Å². The van der Waals surface area contributed by atoms with E-state index in [0.717, 1.165) is 58.6 Å². The van der Waals surface area contributed by atoms with Gasteiger partial charge in [0.15, 0.2) is 0 Å². The molecule has 5 heteroatoms. The molecule has 1 fully saturated rings. The molecule has 31 heavy (non-hydrogen) atoms. The first-order valence-corrected chi connectivity index (χ1v) is 11.1. The molecule has 156 valence electrons. The van der Waals surface area contributed by atoms with Crippen LogP contribution < -0.4 is 10.6 Å². The molecule has 2 N–H and O–H groups in total. The van der Waals surface area contributed by atoms with Gasteiger partial charge in [-0.05, 0) is 72.9 Å². The summed E-state index contributed by atoms with van der Waals surface area (Å²) in [7, 11) is 0. The highest BCUT2D eigenvalue weighted by Crippen LogP contribution is 2.28. The van der Waals surface area contributed by atoms with Crippen LogP contribution in [0.25, 0.3) is 21.7 Å². The van der Waals surface area contributed by atoms with Crippen molar-refractivity contribution in [2.75, 3.05) is 5.32 Å². The summed E-state index contributed by atoms with van der Waals surface area (Å²) in [5.74, 6) is 0.0131. The lowest BCUT2D eigenvalue weighted by atomic mass is 9.90. The number of halogens is 1. The van der Waals surface area contributed by atoms with Crippen LogP contribution in [0.4, 0.5) is 5.69 Å². The van der Waals surface area contributed by atoms with Gasteiger partial charge in [-0.15, -0.1) is 0 Å². The van der Waals surface area contributed by atoms with Gasteiger partial charge in [0.2, 0.25) is 0 Å². The lowest BCUT2D eigenvalue weighted by molar-refractivity contribution is 0.0926. The maximum Gasteiger partial charge on any atom is 0.251 e. The second kappa shape index (κ2) is 8.56. The van der Waals surface area contributed by atoms with E-state index in [-0.39, 0.29) is 11.9 Å². The second-order valence-corrected chi connectivity index (χ2v) is 8.68. The number of anilines is 1. The molecule has 1 saturated carbocycles. The number of nitrogens with zero attached hydrogens (tertiary/aromatic N) is 1. The minimum Gasteiger partial charge on any atom is -0.382 e. The van der Waals surface area contributed by atoms with E-state index >= 15 is 0 Å². The van der Waals surface area contributed by atoms with Crippen molar-refractivity contribution in [1.82, 2.24) is 10.3 Å². The maximum atomic E-state index is 12.8. The molecule has 0 spiro atoms. The Morgan fingerprint density at radius 3 is 2.48 bits per heavy atom.